The number of amides is 2. The lowest BCUT2D eigenvalue weighted by molar-refractivity contribution is -0.122. The zero-order valence-electron chi connectivity index (χ0n) is 14.1. The predicted molar refractivity (Wildman–Crippen MR) is 96.8 cm³/mol. The molecule has 25 heavy (non-hydrogen) atoms. The van der Waals surface area contributed by atoms with Crippen LogP contribution in [0.25, 0.3) is 0 Å². The number of aryl methyl sites for hydroxylation is 1. The van der Waals surface area contributed by atoms with Gasteiger partial charge >= 0.3 is 0 Å². The molecular formula is C18H20N4O2S. The van der Waals surface area contributed by atoms with Gasteiger partial charge in [-0.2, -0.15) is 0 Å². The highest BCUT2D eigenvalue weighted by Gasteiger charge is 2.36. The first-order valence-corrected chi connectivity index (χ1v) is 9.50. The number of carbonyl (C=O) groups excluding carboxylic acids is 2. The Morgan fingerprint density at radius 1 is 1.32 bits per heavy atom. The van der Waals surface area contributed by atoms with E-state index in [1.165, 1.54) is 11.3 Å². The van der Waals surface area contributed by atoms with Crippen molar-refractivity contribution in [3.8, 4) is 0 Å². The van der Waals surface area contributed by atoms with Gasteiger partial charge in [0.25, 0.3) is 0 Å². The molecule has 2 fully saturated rings. The molecule has 1 aliphatic carbocycles. The number of carbonyl (C=O) groups is 2. The van der Waals surface area contributed by atoms with E-state index in [0.29, 0.717) is 17.6 Å². The highest BCUT2D eigenvalue weighted by atomic mass is 32.1. The quantitative estimate of drug-likeness (QED) is 0.894. The third-order valence-corrected chi connectivity index (χ3v) is 5.76. The summed E-state index contributed by atoms with van der Waals surface area (Å²) in [6, 6.07) is 7.87. The summed E-state index contributed by atoms with van der Waals surface area (Å²) in [7, 11) is 0. The molecule has 0 spiro atoms. The number of aromatic nitrogens is 2. The zero-order valence-corrected chi connectivity index (χ0v) is 14.9. The Hall–Kier alpha value is -2.28. The van der Waals surface area contributed by atoms with Gasteiger partial charge in [-0.1, -0.05) is 36.5 Å². The van der Waals surface area contributed by atoms with Crippen molar-refractivity contribution in [2.45, 2.75) is 38.5 Å². The fraction of sp³-hybridized carbons (Fsp3) is 0.444. The van der Waals surface area contributed by atoms with Crippen LogP contribution in [0.3, 0.4) is 0 Å². The van der Waals surface area contributed by atoms with Gasteiger partial charge in [0.1, 0.15) is 5.01 Å². The molecule has 0 radical (unpaired) electrons. The molecule has 1 unspecified atom stereocenters. The van der Waals surface area contributed by atoms with Crippen molar-refractivity contribution >= 4 is 34.0 Å². The zero-order chi connectivity index (χ0) is 17.4. The second-order valence-corrected chi connectivity index (χ2v) is 7.61. The predicted octanol–water partition coefficient (Wildman–Crippen LogP) is 2.97. The Bertz CT molecular complexity index is 815. The first-order valence-electron chi connectivity index (χ1n) is 8.68. The summed E-state index contributed by atoms with van der Waals surface area (Å²) < 4.78 is 0. The van der Waals surface area contributed by atoms with Crippen LogP contribution in [-0.2, 0) is 16.0 Å². The number of nitrogens with one attached hydrogen (secondary N) is 1. The van der Waals surface area contributed by atoms with Crippen molar-refractivity contribution in [1.29, 1.82) is 0 Å². The Morgan fingerprint density at radius 2 is 2.12 bits per heavy atom. The third-order valence-electron chi connectivity index (χ3n) is 4.76. The maximum Gasteiger partial charge on any atom is 0.231 e. The number of rotatable bonds is 5. The van der Waals surface area contributed by atoms with Gasteiger partial charge in [-0.3, -0.25) is 9.59 Å². The van der Waals surface area contributed by atoms with Crippen LogP contribution in [0.2, 0.25) is 0 Å². The van der Waals surface area contributed by atoms with E-state index in [-0.39, 0.29) is 24.2 Å². The molecule has 1 saturated heterocycles. The first-order chi connectivity index (χ1) is 12.2. The number of hydrogen-bond donors (Lipinski definition) is 1. The van der Waals surface area contributed by atoms with Crippen LogP contribution in [0.5, 0.6) is 0 Å². The SMILES string of the molecule is CCc1ccccc1N1CC(C(=O)Nc2nnc(C3CC3)s2)CC1=O. The summed E-state index contributed by atoms with van der Waals surface area (Å²) in [6.07, 6.45) is 3.40. The Morgan fingerprint density at radius 3 is 2.88 bits per heavy atom. The minimum atomic E-state index is -0.356. The summed E-state index contributed by atoms with van der Waals surface area (Å²) in [5, 5.41) is 12.6. The van der Waals surface area contributed by atoms with Crippen LogP contribution in [0.15, 0.2) is 24.3 Å². The molecule has 6 nitrogen and oxygen atoms in total. The molecule has 1 aromatic carbocycles. The van der Waals surface area contributed by atoms with Gasteiger partial charge in [-0.05, 0) is 30.9 Å². The summed E-state index contributed by atoms with van der Waals surface area (Å²) in [6.45, 7) is 2.48. The van der Waals surface area contributed by atoms with Crippen molar-refractivity contribution in [3.63, 3.8) is 0 Å². The lowest BCUT2D eigenvalue weighted by Crippen LogP contribution is -2.28. The van der Waals surface area contributed by atoms with Crippen molar-refractivity contribution in [2.24, 2.45) is 5.92 Å². The molecule has 2 heterocycles. The van der Waals surface area contributed by atoms with Gasteiger partial charge in [-0.25, -0.2) is 0 Å². The van der Waals surface area contributed by atoms with E-state index in [9.17, 15) is 9.59 Å². The molecule has 1 aromatic heterocycles. The van der Waals surface area contributed by atoms with Crippen LogP contribution in [0.1, 0.15) is 42.7 Å². The van der Waals surface area contributed by atoms with Crippen LogP contribution in [0, 0.1) is 5.92 Å². The van der Waals surface area contributed by atoms with E-state index >= 15 is 0 Å². The average molecular weight is 356 g/mol. The van der Waals surface area contributed by atoms with Crippen LogP contribution >= 0.6 is 11.3 Å². The third kappa shape index (κ3) is 3.28. The summed E-state index contributed by atoms with van der Waals surface area (Å²) in [5.74, 6) is 0.0169. The number of para-hydroxylation sites is 1. The fourth-order valence-electron chi connectivity index (χ4n) is 3.18. The van der Waals surface area contributed by atoms with Gasteiger partial charge in [0.05, 0.1) is 5.92 Å². The Labute approximate surface area is 150 Å². The van der Waals surface area contributed by atoms with E-state index < -0.39 is 0 Å². The summed E-state index contributed by atoms with van der Waals surface area (Å²) in [4.78, 5) is 26.7. The first kappa shape index (κ1) is 16.2. The van der Waals surface area contributed by atoms with Crippen LogP contribution < -0.4 is 10.2 Å². The van der Waals surface area contributed by atoms with E-state index in [1.54, 1.807) is 4.90 Å². The van der Waals surface area contributed by atoms with E-state index in [4.69, 9.17) is 0 Å². The molecule has 2 aliphatic rings. The summed E-state index contributed by atoms with van der Waals surface area (Å²) >= 11 is 1.44. The molecule has 130 valence electrons. The standard InChI is InChI=1S/C18H20N4O2S/c1-2-11-5-3-4-6-14(11)22-10-13(9-15(22)23)16(24)19-18-21-20-17(25-18)12-7-8-12/h3-6,12-13H,2,7-10H2,1H3,(H,19,21,24). The number of anilines is 2. The maximum absolute atomic E-state index is 12.5. The van der Waals surface area contributed by atoms with Gasteiger partial charge in [0.15, 0.2) is 0 Å². The van der Waals surface area contributed by atoms with Crippen molar-refractivity contribution < 1.29 is 9.59 Å². The molecule has 4 rings (SSSR count). The molecular weight excluding hydrogens is 336 g/mol. The van der Waals surface area contributed by atoms with Crippen LogP contribution in [-0.4, -0.2) is 28.6 Å². The molecule has 7 heteroatoms. The lowest BCUT2D eigenvalue weighted by Gasteiger charge is -2.19. The minimum absolute atomic E-state index is 0.00279. The molecule has 1 atom stereocenters. The second kappa shape index (κ2) is 6.55. The number of benzene rings is 1. The molecule has 0 bridgehead atoms. The molecule has 1 saturated carbocycles. The molecule has 2 amide bonds. The Balaban J connectivity index is 1.44. The van der Waals surface area contributed by atoms with Gasteiger partial charge in [-0.15, -0.1) is 10.2 Å². The van der Waals surface area contributed by atoms with E-state index in [2.05, 4.69) is 22.4 Å². The van der Waals surface area contributed by atoms with E-state index in [1.807, 2.05) is 24.3 Å². The van der Waals surface area contributed by atoms with Crippen molar-refractivity contribution in [1.82, 2.24) is 10.2 Å². The highest BCUT2D eigenvalue weighted by Crippen LogP contribution is 2.42. The van der Waals surface area contributed by atoms with Gasteiger partial charge in [0.2, 0.25) is 16.9 Å². The van der Waals surface area contributed by atoms with Crippen molar-refractivity contribution in [3.05, 3.63) is 34.8 Å². The normalized spacial score (nSPS) is 20.1. The number of nitrogens with zero attached hydrogens (tertiary/aromatic N) is 3. The maximum atomic E-state index is 12.5. The second-order valence-electron chi connectivity index (χ2n) is 6.60. The summed E-state index contributed by atoms with van der Waals surface area (Å²) in [5.41, 5.74) is 2.03. The monoisotopic (exact) mass is 356 g/mol. The minimum Gasteiger partial charge on any atom is -0.311 e. The molecule has 2 aromatic rings. The highest BCUT2D eigenvalue weighted by molar-refractivity contribution is 7.15. The lowest BCUT2D eigenvalue weighted by atomic mass is 10.1. The average Bonchev–Trinajstić information content (AvgIpc) is 3.25. The molecule has 1 N–H and O–H groups in total. The largest absolute Gasteiger partial charge is 0.311 e. The Kier molecular flexibility index (Phi) is 4.25. The fourth-order valence-corrected chi connectivity index (χ4v) is 4.09. The van der Waals surface area contributed by atoms with Crippen molar-refractivity contribution in [2.75, 3.05) is 16.8 Å². The smallest absolute Gasteiger partial charge is 0.231 e. The molecule has 1 aliphatic heterocycles. The van der Waals surface area contributed by atoms with E-state index in [0.717, 1.165) is 35.5 Å². The number of hydrogen-bond acceptors (Lipinski definition) is 5. The van der Waals surface area contributed by atoms with Gasteiger partial charge < -0.3 is 10.2 Å². The van der Waals surface area contributed by atoms with Crippen LogP contribution in [0.4, 0.5) is 10.8 Å². The van der Waals surface area contributed by atoms with Gasteiger partial charge in [0, 0.05) is 24.6 Å². The topological polar surface area (TPSA) is 75.2 Å².